The Labute approximate surface area is 271 Å². The Morgan fingerprint density at radius 1 is 1.00 bits per heavy atom. The number of esters is 2. The van der Waals surface area contributed by atoms with Crippen molar-refractivity contribution in [3.05, 3.63) is 42.5 Å². The van der Waals surface area contributed by atoms with Gasteiger partial charge in [-0.05, 0) is 70.2 Å². The summed E-state index contributed by atoms with van der Waals surface area (Å²) in [6, 6.07) is 6.39. The maximum atomic E-state index is 13.8. The van der Waals surface area contributed by atoms with E-state index < -0.39 is 43.7 Å². The maximum absolute atomic E-state index is 13.8. The van der Waals surface area contributed by atoms with Gasteiger partial charge < -0.3 is 29.2 Å². The van der Waals surface area contributed by atoms with Crippen LogP contribution in [-0.2, 0) is 35.1 Å². The lowest BCUT2D eigenvalue weighted by molar-refractivity contribution is -0.158. The van der Waals surface area contributed by atoms with Crippen LogP contribution < -0.4 is 10.1 Å². The molecule has 0 spiro atoms. The summed E-state index contributed by atoms with van der Waals surface area (Å²) in [5.41, 5.74) is 0.0364. The second-order valence-corrected chi connectivity index (χ2v) is 19.2. The zero-order valence-corrected chi connectivity index (χ0v) is 29.9. The van der Waals surface area contributed by atoms with Crippen LogP contribution in [0.4, 0.5) is 4.79 Å². The average Bonchev–Trinajstić information content (AvgIpc) is 2.93. The number of unbranched alkanes of at least 4 members (excludes halogenated alkanes) is 1. The summed E-state index contributed by atoms with van der Waals surface area (Å²) in [6.45, 7) is 22.0. The first-order valence-electron chi connectivity index (χ1n) is 15.9. The van der Waals surface area contributed by atoms with Crippen molar-refractivity contribution < 1.29 is 38.1 Å². The van der Waals surface area contributed by atoms with Gasteiger partial charge in [-0.2, -0.15) is 0 Å². The highest BCUT2D eigenvalue weighted by molar-refractivity contribution is 6.76. The van der Waals surface area contributed by atoms with Crippen LogP contribution in [0, 0.1) is 5.92 Å². The number of hydrogen-bond donors (Lipinski definition) is 1. The third-order valence-corrected chi connectivity index (χ3v) is 8.63. The van der Waals surface area contributed by atoms with Crippen LogP contribution in [0.1, 0.15) is 72.8 Å². The minimum atomic E-state index is -1.23. The van der Waals surface area contributed by atoms with E-state index in [9.17, 15) is 19.2 Å². The molecule has 0 aliphatic carbocycles. The van der Waals surface area contributed by atoms with Crippen molar-refractivity contribution >= 4 is 32.0 Å². The van der Waals surface area contributed by atoms with Gasteiger partial charge in [-0.15, -0.1) is 0 Å². The first-order chi connectivity index (χ1) is 21.0. The zero-order chi connectivity index (χ0) is 34.2. The van der Waals surface area contributed by atoms with E-state index in [1.807, 2.05) is 26.0 Å². The summed E-state index contributed by atoms with van der Waals surface area (Å²) in [7, 11) is -1.23. The summed E-state index contributed by atoms with van der Waals surface area (Å²) < 4.78 is 21.9. The van der Waals surface area contributed by atoms with Gasteiger partial charge in [-0.1, -0.05) is 64.7 Å². The Morgan fingerprint density at radius 3 is 2.20 bits per heavy atom. The summed E-state index contributed by atoms with van der Waals surface area (Å²) in [5, 5.41) is 2.59. The number of carbonyl (C=O) groups excluding carboxylic acids is 4. The standard InChI is InChI=1S/C34H56N2O8Si/c1-11-20-43-32(39)30(25(3)12-2)36(31(38)26(4)35-33(40)44-34(5,6)7)24-27-16-18-28(19-17-27)41-21-14-13-15-29(37)42-22-23-45(8,9)10/h11,16-19,25-26,30H,1,12-15,20-24H2,2-10H3,(H,35,40)/t25?,26-,30+/m1/s1. The Morgan fingerprint density at radius 2 is 1.64 bits per heavy atom. The fourth-order valence-corrected chi connectivity index (χ4v) is 4.93. The molecule has 254 valence electrons. The third-order valence-electron chi connectivity index (χ3n) is 6.93. The first-order valence-corrected chi connectivity index (χ1v) is 19.6. The van der Waals surface area contributed by atoms with Gasteiger partial charge in [-0.3, -0.25) is 9.59 Å². The molecule has 0 saturated heterocycles. The number of carbonyl (C=O) groups is 4. The molecule has 0 radical (unpaired) electrons. The predicted octanol–water partition coefficient (Wildman–Crippen LogP) is 6.50. The summed E-state index contributed by atoms with van der Waals surface area (Å²) >= 11 is 0. The zero-order valence-electron chi connectivity index (χ0n) is 28.9. The number of amides is 2. The number of alkyl carbamates (subject to hydrolysis) is 1. The molecule has 0 saturated carbocycles. The normalized spacial score (nSPS) is 13.5. The molecule has 1 aromatic carbocycles. The van der Waals surface area contributed by atoms with Crippen molar-refractivity contribution in [1.82, 2.24) is 10.2 Å². The van der Waals surface area contributed by atoms with Crippen LogP contribution in [0.5, 0.6) is 5.75 Å². The van der Waals surface area contributed by atoms with Crippen LogP contribution in [0.25, 0.3) is 0 Å². The lowest BCUT2D eigenvalue weighted by Crippen LogP contribution is -2.55. The first kappa shape index (κ1) is 39.7. The number of nitrogens with zero attached hydrogens (tertiary/aromatic N) is 1. The lowest BCUT2D eigenvalue weighted by atomic mass is 9.96. The summed E-state index contributed by atoms with van der Waals surface area (Å²) in [5.74, 6) is -0.724. The van der Waals surface area contributed by atoms with Gasteiger partial charge >= 0.3 is 18.0 Å². The maximum Gasteiger partial charge on any atom is 0.408 e. The fourth-order valence-electron chi connectivity index (χ4n) is 4.22. The van der Waals surface area contributed by atoms with E-state index in [4.69, 9.17) is 18.9 Å². The monoisotopic (exact) mass is 648 g/mol. The SMILES string of the molecule is C=CCOC(=O)[C@H](C(C)CC)N(Cc1ccc(OCCCCC(=O)OCC[Si](C)(C)C)cc1)C(=O)[C@@H](C)NC(=O)OC(C)(C)C. The van der Waals surface area contributed by atoms with Crippen molar-refractivity contribution in [3.63, 3.8) is 0 Å². The number of hydrogen-bond acceptors (Lipinski definition) is 8. The highest BCUT2D eigenvalue weighted by Gasteiger charge is 2.37. The molecule has 11 heteroatoms. The molecule has 1 unspecified atom stereocenters. The van der Waals surface area contributed by atoms with Gasteiger partial charge in [0, 0.05) is 21.0 Å². The molecule has 10 nitrogen and oxygen atoms in total. The number of ether oxygens (including phenoxy) is 4. The molecule has 45 heavy (non-hydrogen) atoms. The molecule has 1 rings (SSSR count). The number of benzene rings is 1. The van der Waals surface area contributed by atoms with Gasteiger partial charge in [-0.25, -0.2) is 9.59 Å². The fraction of sp³-hybridized carbons (Fsp3) is 0.647. The average molecular weight is 649 g/mol. The molecule has 3 atom stereocenters. The minimum absolute atomic E-state index is 0.0192. The van der Waals surface area contributed by atoms with Crippen molar-refractivity contribution in [1.29, 1.82) is 0 Å². The largest absolute Gasteiger partial charge is 0.494 e. The van der Waals surface area contributed by atoms with Crippen molar-refractivity contribution in [2.45, 2.75) is 117 Å². The smallest absolute Gasteiger partial charge is 0.408 e. The molecule has 2 amide bonds. The highest BCUT2D eigenvalue weighted by Crippen LogP contribution is 2.22. The molecule has 0 aromatic heterocycles. The summed E-state index contributed by atoms with van der Waals surface area (Å²) in [6.07, 6.45) is 3.12. The van der Waals surface area contributed by atoms with Crippen molar-refractivity contribution in [3.8, 4) is 5.75 Å². The Hall–Kier alpha value is -3.34. The number of nitrogens with one attached hydrogen (secondary N) is 1. The van der Waals surface area contributed by atoms with Gasteiger partial charge in [0.2, 0.25) is 5.91 Å². The van der Waals surface area contributed by atoms with E-state index in [-0.39, 0.29) is 25.0 Å². The second-order valence-electron chi connectivity index (χ2n) is 13.6. The summed E-state index contributed by atoms with van der Waals surface area (Å²) in [4.78, 5) is 52.8. The van der Waals surface area contributed by atoms with E-state index >= 15 is 0 Å². The van der Waals surface area contributed by atoms with Gasteiger partial charge in [0.05, 0.1) is 13.2 Å². The van der Waals surface area contributed by atoms with E-state index in [2.05, 4.69) is 31.5 Å². The lowest BCUT2D eigenvalue weighted by Gasteiger charge is -2.35. The van der Waals surface area contributed by atoms with Crippen LogP contribution in [0.15, 0.2) is 36.9 Å². The molecule has 0 fully saturated rings. The number of rotatable bonds is 19. The van der Waals surface area contributed by atoms with Gasteiger partial charge in [0.25, 0.3) is 0 Å². The van der Waals surface area contributed by atoms with Gasteiger partial charge in [0.15, 0.2) is 0 Å². The Kier molecular flexibility index (Phi) is 17.0. The minimum Gasteiger partial charge on any atom is -0.494 e. The quantitative estimate of drug-likeness (QED) is 0.0593. The van der Waals surface area contributed by atoms with Crippen LogP contribution >= 0.6 is 0 Å². The highest BCUT2D eigenvalue weighted by atomic mass is 28.3. The van der Waals surface area contributed by atoms with Crippen molar-refractivity contribution in [2.75, 3.05) is 19.8 Å². The molecule has 0 bridgehead atoms. The molecule has 0 aliphatic heterocycles. The van der Waals surface area contributed by atoms with E-state index in [1.54, 1.807) is 39.8 Å². The molecular formula is C34H56N2O8Si. The van der Waals surface area contributed by atoms with E-state index in [0.717, 1.165) is 11.6 Å². The van der Waals surface area contributed by atoms with Crippen molar-refractivity contribution in [2.24, 2.45) is 5.92 Å². The molecule has 0 heterocycles. The topological polar surface area (TPSA) is 120 Å². The Bertz CT molecular complexity index is 1090. The van der Waals surface area contributed by atoms with Crippen LogP contribution in [-0.4, -0.2) is 74.4 Å². The van der Waals surface area contributed by atoms with E-state index in [1.165, 1.54) is 11.0 Å². The predicted molar refractivity (Wildman–Crippen MR) is 179 cm³/mol. The molecular weight excluding hydrogens is 592 g/mol. The molecule has 0 aliphatic rings. The van der Waals surface area contributed by atoms with Crippen LogP contribution in [0.2, 0.25) is 25.7 Å². The van der Waals surface area contributed by atoms with Gasteiger partial charge in [0.1, 0.15) is 30.0 Å². The van der Waals surface area contributed by atoms with Crippen LogP contribution in [0.3, 0.4) is 0 Å². The molecule has 1 N–H and O–H groups in total. The Balaban J connectivity index is 2.92. The molecule has 1 aromatic rings. The second kappa shape index (κ2) is 19.2. The van der Waals surface area contributed by atoms with E-state index in [0.29, 0.717) is 44.6 Å². The third kappa shape index (κ3) is 16.5.